The third-order valence-corrected chi connectivity index (χ3v) is 4.87. The van der Waals surface area contributed by atoms with Crippen molar-refractivity contribution in [2.24, 2.45) is 5.92 Å². The third-order valence-electron chi connectivity index (χ3n) is 4.62. The molecule has 0 radical (unpaired) electrons. The van der Waals surface area contributed by atoms with Crippen molar-refractivity contribution in [3.8, 4) is 0 Å². The molecule has 2 heterocycles. The molecule has 2 aliphatic rings. The van der Waals surface area contributed by atoms with Crippen LogP contribution < -0.4 is 5.32 Å². The average molecular weight is 296 g/mol. The van der Waals surface area contributed by atoms with Crippen LogP contribution in [-0.2, 0) is 9.47 Å². The quantitative estimate of drug-likeness (QED) is 0.905. The Labute approximate surface area is 125 Å². The highest BCUT2D eigenvalue weighted by Gasteiger charge is 2.45. The van der Waals surface area contributed by atoms with E-state index in [4.69, 9.17) is 21.1 Å². The van der Waals surface area contributed by atoms with E-state index >= 15 is 0 Å². The minimum absolute atomic E-state index is 0.0252. The molecule has 0 saturated carbocycles. The molecular formula is C16H22ClNO2. The van der Waals surface area contributed by atoms with Crippen LogP contribution in [0, 0.1) is 5.92 Å². The van der Waals surface area contributed by atoms with Crippen molar-refractivity contribution in [2.75, 3.05) is 19.7 Å². The molecule has 2 atom stereocenters. The molecule has 3 rings (SSSR count). The van der Waals surface area contributed by atoms with Gasteiger partial charge in [-0.25, -0.2) is 0 Å². The Morgan fingerprint density at radius 2 is 1.95 bits per heavy atom. The summed E-state index contributed by atoms with van der Waals surface area (Å²) in [4.78, 5) is 0. The topological polar surface area (TPSA) is 30.5 Å². The molecule has 1 N–H and O–H groups in total. The van der Waals surface area contributed by atoms with Gasteiger partial charge in [0.25, 0.3) is 0 Å². The Kier molecular flexibility index (Phi) is 4.32. The van der Waals surface area contributed by atoms with Gasteiger partial charge in [-0.3, -0.25) is 0 Å². The normalized spacial score (nSPS) is 29.5. The summed E-state index contributed by atoms with van der Waals surface area (Å²) < 4.78 is 12.4. The first-order chi connectivity index (χ1) is 9.73. The molecule has 1 spiro atoms. The largest absolute Gasteiger partial charge is 0.348 e. The van der Waals surface area contributed by atoms with Gasteiger partial charge in [0.1, 0.15) is 0 Å². The summed E-state index contributed by atoms with van der Waals surface area (Å²) in [6.45, 7) is 5.07. The number of rotatable bonds is 2. The highest BCUT2D eigenvalue weighted by molar-refractivity contribution is 6.30. The SMILES string of the molecule is CCC1COC(c2ccc(Cl)cc2)OC12CCNCC2. The maximum Gasteiger partial charge on any atom is 0.184 e. The van der Waals surface area contributed by atoms with Crippen molar-refractivity contribution in [1.82, 2.24) is 5.32 Å². The Morgan fingerprint density at radius 1 is 1.25 bits per heavy atom. The second-order valence-electron chi connectivity index (χ2n) is 5.75. The molecule has 0 aromatic heterocycles. The Balaban J connectivity index is 1.80. The van der Waals surface area contributed by atoms with Gasteiger partial charge in [-0.1, -0.05) is 30.7 Å². The molecule has 2 aliphatic heterocycles. The molecule has 0 amide bonds. The molecule has 3 nitrogen and oxygen atoms in total. The standard InChI is InChI=1S/C16H22ClNO2/c1-2-13-11-19-15(12-3-5-14(17)6-4-12)20-16(13)7-9-18-10-8-16/h3-6,13,15,18H,2,7-11H2,1H3. The zero-order valence-electron chi connectivity index (χ0n) is 11.9. The summed E-state index contributed by atoms with van der Waals surface area (Å²) in [5.41, 5.74) is 1.03. The van der Waals surface area contributed by atoms with Crippen molar-refractivity contribution < 1.29 is 9.47 Å². The van der Waals surface area contributed by atoms with E-state index in [9.17, 15) is 0 Å². The summed E-state index contributed by atoms with van der Waals surface area (Å²) in [5, 5.41) is 4.17. The van der Waals surface area contributed by atoms with Crippen LogP contribution in [-0.4, -0.2) is 25.3 Å². The molecule has 20 heavy (non-hydrogen) atoms. The number of ether oxygens (including phenoxy) is 2. The number of halogens is 1. The zero-order chi connectivity index (χ0) is 14.0. The molecule has 0 bridgehead atoms. The minimum Gasteiger partial charge on any atom is -0.348 e. The summed E-state index contributed by atoms with van der Waals surface area (Å²) in [5.74, 6) is 0.494. The smallest absolute Gasteiger partial charge is 0.184 e. The van der Waals surface area contributed by atoms with E-state index in [1.807, 2.05) is 24.3 Å². The van der Waals surface area contributed by atoms with Crippen LogP contribution in [0.3, 0.4) is 0 Å². The van der Waals surface area contributed by atoms with Gasteiger partial charge in [-0.05, 0) is 44.5 Å². The summed E-state index contributed by atoms with van der Waals surface area (Å²) in [6, 6.07) is 7.78. The van der Waals surface area contributed by atoms with Crippen LogP contribution in [0.5, 0.6) is 0 Å². The van der Waals surface area contributed by atoms with Crippen LogP contribution in [0.4, 0.5) is 0 Å². The average Bonchev–Trinajstić information content (AvgIpc) is 2.49. The molecule has 110 valence electrons. The van der Waals surface area contributed by atoms with Gasteiger partial charge in [0, 0.05) is 16.5 Å². The predicted molar refractivity (Wildman–Crippen MR) is 79.8 cm³/mol. The van der Waals surface area contributed by atoms with Crippen molar-refractivity contribution in [2.45, 2.75) is 38.1 Å². The van der Waals surface area contributed by atoms with E-state index in [0.717, 1.165) is 49.5 Å². The van der Waals surface area contributed by atoms with Crippen LogP contribution in [0.15, 0.2) is 24.3 Å². The van der Waals surface area contributed by atoms with Crippen LogP contribution in [0.2, 0.25) is 5.02 Å². The highest BCUT2D eigenvalue weighted by atomic mass is 35.5. The lowest BCUT2D eigenvalue weighted by Gasteiger charge is -2.49. The van der Waals surface area contributed by atoms with Crippen LogP contribution in [0.1, 0.15) is 38.0 Å². The van der Waals surface area contributed by atoms with Gasteiger partial charge in [0.2, 0.25) is 0 Å². The first-order valence-corrected chi connectivity index (χ1v) is 7.87. The molecule has 1 aromatic carbocycles. The monoisotopic (exact) mass is 295 g/mol. The summed E-state index contributed by atoms with van der Waals surface area (Å²) in [7, 11) is 0. The second-order valence-corrected chi connectivity index (χ2v) is 6.19. The maximum atomic E-state index is 6.44. The molecule has 2 fully saturated rings. The van der Waals surface area contributed by atoms with Crippen LogP contribution in [0.25, 0.3) is 0 Å². The molecular weight excluding hydrogens is 274 g/mol. The third kappa shape index (κ3) is 2.73. The number of hydrogen-bond acceptors (Lipinski definition) is 3. The Morgan fingerprint density at radius 3 is 2.60 bits per heavy atom. The molecule has 4 heteroatoms. The maximum absolute atomic E-state index is 6.44. The van der Waals surface area contributed by atoms with E-state index in [1.54, 1.807) is 0 Å². The van der Waals surface area contributed by atoms with E-state index in [0.29, 0.717) is 5.92 Å². The van der Waals surface area contributed by atoms with Gasteiger partial charge in [-0.2, -0.15) is 0 Å². The first kappa shape index (κ1) is 14.3. The molecule has 0 aliphatic carbocycles. The fraction of sp³-hybridized carbons (Fsp3) is 0.625. The van der Waals surface area contributed by atoms with E-state index in [-0.39, 0.29) is 11.9 Å². The van der Waals surface area contributed by atoms with Gasteiger partial charge in [-0.15, -0.1) is 0 Å². The van der Waals surface area contributed by atoms with E-state index in [2.05, 4.69) is 12.2 Å². The van der Waals surface area contributed by atoms with Crippen molar-refractivity contribution in [3.63, 3.8) is 0 Å². The van der Waals surface area contributed by atoms with Crippen molar-refractivity contribution in [1.29, 1.82) is 0 Å². The van der Waals surface area contributed by atoms with Crippen molar-refractivity contribution >= 4 is 11.6 Å². The van der Waals surface area contributed by atoms with Gasteiger partial charge in [0.15, 0.2) is 6.29 Å². The van der Waals surface area contributed by atoms with E-state index in [1.165, 1.54) is 0 Å². The molecule has 1 aromatic rings. The lowest BCUT2D eigenvalue weighted by Crippen LogP contribution is -2.54. The lowest BCUT2D eigenvalue weighted by molar-refractivity contribution is -0.294. The predicted octanol–water partition coefficient (Wildman–Crippen LogP) is 3.53. The fourth-order valence-electron chi connectivity index (χ4n) is 3.35. The second kappa shape index (κ2) is 6.02. The fourth-order valence-corrected chi connectivity index (χ4v) is 3.47. The summed E-state index contributed by atoms with van der Waals surface area (Å²) in [6.07, 6.45) is 2.98. The highest BCUT2D eigenvalue weighted by Crippen LogP contribution is 2.43. The van der Waals surface area contributed by atoms with Gasteiger partial charge >= 0.3 is 0 Å². The van der Waals surface area contributed by atoms with Crippen LogP contribution >= 0.6 is 11.6 Å². The summed E-state index contributed by atoms with van der Waals surface area (Å²) >= 11 is 5.95. The molecule has 2 saturated heterocycles. The minimum atomic E-state index is -0.256. The van der Waals surface area contributed by atoms with Gasteiger partial charge < -0.3 is 14.8 Å². The van der Waals surface area contributed by atoms with Gasteiger partial charge in [0.05, 0.1) is 12.2 Å². The number of piperidine rings is 1. The van der Waals surface area contributed by atoms with E-state index < -0.39 is 0 Å². The number of benzene rings is 1. The lowest BCUT2D eigenvalue weighted by atomic mass is 9.78. The number of hydrogen-bond donors (Lipinski definition) is 1. The first-order valence-electron chi connectivity index (χ1n) is 7.49. The Hall–Kier alpha value is -0.610. The number of nitrogens with one attached hydrogen (secondary N) is 1. The Bertz CT molecular complexity index is 442. The molecule has 2 unspecified atom stereocenters. The van der Waals surface area contributed by atoms with Crippen molar-refractivity contribution in [3.05, 3.63) is 34.9 Å². The zero-order valence-corrected chi connectivity index (χ0v) is 12.7.